The third-order valence-corrected chi connectivity index (χ3v) is 3.16. The van der Waals surface area contributed by atoms with Gasteiger partial charge in [0.2, 0.25) is 0 Å². The van der Waals surface area contributed by atoms with Crippen molar-refractivity contribution in [1.29, 1.82) is 0 Å². The summed E-state index contributed by atoms with van der Waals surface area (Å²) >= 11 is 5.88. The summed E-state index contributed by atoms with van der Waals surface area (Å²) in [6.07, 6.45) is 0. The maximum Gasteiger partial charge on any atom is 0.323 e. The Morgan fingerprint density at radius 3 is 1.44 bits per heavy atom. The van der Waals surface area contributed by atoms with Crippen LogP contribution >= 0.6 is 11.6 Å². The van der Waals surface area contributed by atoms with E-state index in [9.17, 15) is 19.2 Å². The molecule has 11 heteroatoms. The highest BCUT2D eigenvalue weighted by atomic mass is 35.5. The van der Waals surface area contributed by atoms with Crippen molar-refractivity contribution in [3.05, 3.63) is 23.2 Å². The number of halogens is 1. The van der Waals surface area contributed by atoms with E-state index < -0.39 is 50.1 Å². The number of nitrogens with zero attached hydrogens (tertiary/aromatic N) is 2. The van der Waals surface area contributed by atoms with Crippen molar-refractivity contribution < 1.29 is 39.6 Å². The smallest absolute Gasteiger partial charge is 0.323 e. The predicted molar refractivity (Wildman–Crippen MR) is 86.4 cm³/mol. The van der Waals surface area contributed by atoms with Crippen LogP contribution in [0.2, 0.25) is 5.02 Å². The van der Waals surface area contributed by atoms with Gasteiger partial charge in [0.15, 0.2) is 0 Å². The number of carboxylic acids is 4. The van der Waals surface area contributed by atoms with Gasteiger partial charge in [-0.3, -0.25) is 19.2 Å². The maximum atomic E-state index is 11.0. The SMILES string of the molecule is O=C(O)CN(CC(=O)O)c1ccc(Cl)cc1N(CC(=O)O)CC(=O)O. The predicted octanol–water partition coefficient (Wildman–Crippen LogP) is 0.291. The van der Waals surface area contributed by atoms with Gasteiger partial charge in [0.05, 0.1) is 11.4 Å². The van der Waals surface area contributed by atoms with Gasteiger partial charge in [-0.1, -0.05) is 11.6 Å². The molecule has 0 saturated carbocycles. The first-order valence-corrected chi connectivity index (χ1v) is 7.14. The van der Waals surface area contributed by atoms with E-state index in [1.165, 1.54) is 18.2 Å². The van der Waals surface area contributed by atoms with Gasteiger partial charge in [-0.05, 0) is 18.2 Å². The fourth-order valence-electron chi connectivity index (χ4n) is 2.12. The molecule has 0 spiro atoms. The van der Waals surface area contributed by atoms with Crippen LogP contribution in [0.15, 0.2) is 18.2 Å². The van der Waals surface area contributed by atoms with E-state index in [4.69, 9.17) is 32.0 Å². The van der Waals surface area contributed by atoms with E-state index in [1.807, 2.05) is 0 Å². The molecular formula is C14H15ClN2O8. The molecule has 0 aliphatic rings. The first-order chi connectivity index (χ1) is 11.6. The Bertz CT molecular complexity index is 661. The lowest BCUT2D eigenvalue weighted by Gasteiger charge is -2.29. The Morgan fingerprint density at radius 1 is 0.720 bits per heavy atom. The molecule has 0 amide bonds. The average Bonchev–Trinajstić information content (AvgIpc) is 2.43. The molecule has 136 valence electrons. The van der Waals surface area contributed by atoms with Gasteiger partial charge in [0, 0.05) is 5.02 Å². The van der Waals surface area contributed by atoms with E-state index in [-0.39, 0.29) is 16.4 Å². The lowest BCUT2D eigenvalue weighted by Crippen LogP contribution is -2.39. The van der Waals surface area contributed by atoms with Crippen molar-refractivity contribution in [2.45, 2.75) is 0 Å². The molecule has 0 aliphatic carbocycles. The summed E-state index contributed by atoms with van der Waals surface area (Å²) in [5.74, 6) is -5.28. The summed E-state index contributed by atoms with van der Waals surface area (Å²) in [6, 6.07) is 3.91. The highest BCUT2D eigenvalue weighted by Gasteiger charge is 2.23. The molecule has 0 radical (unpaired) electrons. The highest BCUT2D eigenvalue weighted by Crippen LogP contribution is 2.32. The van der Waals surface area contributed by atoms with Gasteiger partial charge in [-0.2, -0.15) is 0 Å². The van der Waals surface area contributed by atoms with Crippen LogP contribution in [0.4, 0.5) is 11.4 Å². The molecule has 0 aromatic heterocycles. The van der Waals surface area contributed by atoms with E-state index in [2.05, 4.69) is 0 Å². The Hall–Kier alpha value is -3.01. The zero-order valence-corrected chi connectivity index (χ0v) is 13.5. The summed E-state index contributed by atoms with van der Waals surface area (Å²) in [5, 5.41) is 36.0. The molecule has 1 aromatic carbocycles. The average molecular weight is 375 g/mol. The number of anilines is 2. The molecule has 0 saturated heterocycles. The summed E-state index contributed by atoms with van der Waals surface area (Å²) in [7, 11) is 0. The van der Waals surface area contributed by atoms with Crippen LogP contribution in [0, 0.1) is 0 Å². The van der Waals surface area contributed by atoms with Crippen LogP contribution in [-0.4, -0.2) is 70.5 Å². The lowest BCUT2D eigenvalue weighted by atomic mass is 10.2. The Morgan fingerprint density at radius 2 is 1.08 bits per heavy atom. The van der Waals surface area contributed by atoms with Crippen molar-refractivity contribution in [3.8, 4) is 0 Å². The minimum absolute atomic E-state index is 0.000185. The number of rotatable bonds is 10. The second kappa shape index (κ2) is 8.73. The second-order valence-electron chi connectivity index (χ2n) is 4.92. The number of benzene rings is 1. The maximum absolute atomic E-state index is 11.0. The third-order valence-electron chi connectivity index (χ3n) is 2.92. The number of aliphatic carboxylic acids is 4. The van der Waals surface area contributed by atoms with E-state index in [1.54, 1.807) is 0 Å². The zero-order valence-electron chi connectivity index (χ0n) is 12.8. The fraction of sp³-hybridized carbons (Fsp3) is 0.286. The quantitative estimate of drug-likeness (QED) is 0.449. The Labute approximate surface area is 146 Å². The lowest BCUT2D eigenvalue weighted by molar-refractivity contribution is -0.138. The minimum atomic E-state index is -1.32. The summed E-state index contributed by atoms with van der Waals surface area (Å²) in [4.78, 5) is 46.0. The monoisotopic (exact) mass is 374 g/mol. The first kappa shape index (κ1) is 20.0. The van der Waals surface area contributed by atoms with Gasteiger partial charge in [-0.25, -0.2) is 0 Å². The first-order valence-electron chi connectivity index (χ1n) is 6.76. The van der Waals surface area contributed by atoms with Crippen molar-refractivity contribution >= 4 is 46.9 Å². The van der Waals surface area contributed by atoms with Crippen LogP contribution in [0.25, 0.3) is 0 Å². The molecular weight excluding hydrogens is 360 g/mol. The van der Waals surface area contributed by atoms with E-state index in [0.717, 1.165) is 9.80 Å². The molecule has 0 aliphatic heterocycles. The molecule has 1 rings (SSSR count). The van der Waals surface area contributed by atoms with Crippen molar-refractivity contribution in [1.82, 2.24) is 0 Å². The molecule has 0 heterocycles. The van der Waals surface area contributed by atoms with Crippen molar-refractivity contribution in [3.63, 3.8) is 0 Å². The highest BCUT2D eigenvalue weighted by molar-refractivity contribution is 6.31. The summed E-state index contributed by atoms with van der Waals surface area (Å²) in [6.45, 7) is -2.77. The van der Waals surface area contributed by atoms with Gasteiger partial charge in [0.25, 0.3) is 0 Å². The molecule has 25 heavy (non-hydrogen) atoms. The topological polar surface area (TPSA) is 156 Å². The Balaban J connectivity index is 3.42. The summed E-state index contributed by atoms with van der Waals surface area (Å²) < 4.78 is 0. The molecule has 0 atom stereocenters. The van der Waals surface area contributed by atoms with E-state index in [0.29, 0.717) is 0 Å². The van der Waals surface area contributed by atoms with Gasteiger partial charge in [-0.15, -0.1) is 0 Å². The molecule has 4 N–H and O–H groups in total. The van der Waals surface area contributed by atoms with Crippen LogP contribution in [0.5, 0.6) is 0 Å². The van der Waals surface area contributed by atoms with Crippen molar-refractivity contribution in [2.75, 3.05) is 36.0 Å². The second-order valence-corrected chi connectivity index (χ2v) is 5.36. The molecule has 10 nitrogen and oxygen atoms in total. The fourth-order valence-corrected chi connectivity index (χ4v) is 2.29. The number of hydrogen-bond donors (Lipinski definition) is 4. The minimum Gasteiger partial charge on any atom is -0.480 e. The molecule has 0 fully saturated rings. The van der Waals surface area contributed by atoms with E-state index >= 15 is 0 Å². The summed E-state index contributed by atoms with van der Waals surface area (Å²) in [5.41, 5.74) is 0.0384. The standard InChI is InChI=1S/C14H15ClN2O8/c15-8-1-2-9(16(4-11(18)19)5-12(20)21)10(3-8)17(6-13(22)23)7-14(24)25/h1-3H,4-7H2,(H,18,19)(H,20,21)(H,22,23)(H,24,25). The van der Waals surface area contributed by atoms with Crippen LogP contribution < -0.4 is 9.80 Å². The van der Waals surface area contributed by atoms with Crippen molar-refractivity contribution in [2.24, 2.45) is 0 Å². The zero-order chi connectivity index (χ0) is 19.1. The van der Waals surface area contributed by atoms with Crippen LogP contribution in [0.1, 0.15) is 0 Å². The molecule has 1 aromatic rings. The Kier molecular flexibility index (Phi) is 7.00. The third kappa shape index (κ3) is 6.55. The largest absolute Gasteiger partial charge is 0.480 e. The number of carbonyl (C=O) groups is 4. The van der Waals surface area contributed by atoms with Gasteiger partial charge >= 0.3 is 23.9 Å². The normalized spacial score (nSPS) is 10.1. The molecule has 0 unspecified atom stereocenters. The van der Waals surface area contributed by atoms with Crippen LogP contribution in [0.3, 0.4) is 0 Å². The number of carboxylic acid groups (broad SMARTS) is 4. The number of hydrogen-bond acceptors (Lipinski definition) is 6. The van der Waals surface area contributed by atoms with Gasteiger partial charge < -0.3 is 30.2 Å². The molecule has 0 bridgehead atoms. The van der Waals surface area contributed by atoms with Crippen LogP contribution in [-0.2, 0) is 19.2 Å². The van der Waals surface area contributed by atoms with Gasteiger partial charge in [0.1, 0.15) is 26.2 Å².